The molecule has 0 amide bonds. The van der Waals surface area contributed by atoms with Crippen molar-refractivity contribution in [3.63, 3.8) is 0 Å². The molecule has 5 atom stereocenters. The zero-order valence-electron chi connectivity index (χ0n) is 65.0. The van der Waals surface area contributed by atoms with Gasteiger partial charge in [0.15, 0.2) is 12.2 Å². The summed E-state index contributed by atoms with van der Waals surface area (Å²) in [6.07, 6.45) is 58.3. The summed E-state index contributed by atoms with van der Waals surface area (Å²) in [7, 11) is -9.92. The minimum absolute atomic E-state index is 0.105. The van der Waals surface area contributed by atoms with Crippen LogP contribution in [-0.2, 0) is 65.4 Å². The van der Waals surface area contributed by atoms with Crippen LogP contribution in [0.3, 0.4) is 0 Å². The summed E-state index contributed by atoms with van der Waals surface area (Å²) >= 11 is 0. The second-order valence-corrected chi connectivity index (χ2v) is 33.1. The lowest BCUT2D eigenvalue weighted by Gasteiger charge is -2.21. The highest BCUT2D eigenvalue weighted by atomic mass is 31.2. The highest BCUT2D eigenvalue weighted by Crippen LogP contribution is 2.45. The number of ether oxygens (including phenoxy) is 4. The molecule has 0 heterocycles. The van der Waals surface area contributed by atoms with Crippen molar-refractivity contribution in [2.45, 2.75) is 433 Å². The maximum absolute atomic E-state index is 13.1. The number of rotatable bonds is 78. The van der Waals surface area contributed by atoms with E-state index in [0.717, 1.165) is 108 Å². The van der Waals surface area contributed by atoms with Gasteiger partial charge >= 0.3 is 39.5 Å². The Morgan fingerprint density at radius 3 is 0.687 bits per heavy atom. The molecule has 0 aliphatic rings. The molecule has 99 heavy (non-hydrogen) atoms. The number of carbonyl (C=O) groups excluding carboxylic acids is 4. The van der Waals surface area contributed by atoms with Gasteiger partial charge in [-0.05, 0) is 43.4 Å². The van der Waals surface area contributed by atoms with E-state index in [4.69, 9.17) is 37.0 Å². The van der Waals surface area contributed by atoms with E-state index in [1.54, 1.807) is 0 Å². The average Bonchev–Trinajstić information content (AvgIpc) is 1.01. The number of hydrogen-bond donors (Lipinski definition) is 3. The quantitative estimate of drug-likeness (QED) is 0.0222. The molecule has 2 unspecified atom stereocenters. The molecule has 17 nitrogen and oxygen atoms in total. The van der Waals surface area contributed by atoms with Gasteiger partial charge in [0.2, 0.25) is 0 Å². The van der Waals surface area contributed by atoms with E-state index >= 15 is 0 Å². The Bertz CT molecular complexity index is 1920. The fraction of sp³-hybridized carbons (Fsp3) is 0.950. The van der Waals surface area contributed by atoms with Crippen LogP contribution in [0.2, 0.25) is 0 Å². The molecule has 0 radical (unpaired) electrons. The highest BCUT2D eigenvalue weighted by Gasteiger charge is 2.30. The maximum atomic E-state index is 13.1. The predicted molar refractivity (Wildman–Crippen MR) is 405 cm³/mol. The molecule has 0 rings (SSSR count). The summed E-state index contributed by atoms with van der Waals surface area (Å²) in [6.45, 7) is 11.9. The van der Waals surface area contributed by atoms with Crippen LogP contribution in [0.4, 0.5) is 0 Å². The molecule has 588 valence electrons. The normalized spacial score (nSPS) is 14.0. The molecular weight excluding hydrogens is 1290 g/mol. The van der Waals surface area contributed by atoms with Crippen molar-refractivity contribution < 1.29 is 80.2 Å². The highest BCUT2D eigenvalue weighted by molar-refractivity contribution is 7.47. The molecule has 0 aromatic heterocycles. The third kappa shape index (κ3) is 74.1. The van der Waals surface area contributed by atoms with Crippen LogP contribution in [0.15, 0.2) is 0 Å². The number of phosphoric ester groups is 2. The summed E-state index contributed by atoms with van der Waals surface area (Å²) < 4.78 is 68.7. The van der Waals surface area contributed by atoms with Crippen LogP contribution in [0.5, 0.6) is 0 Å². The number of unbranched alkanes of at least 4 members (excludes halogenated alkanes) is 46. The van der Waals surface area contributed by atoms with Gasteiger partial charge in [0.1, 0.15) is 19.3 Å². The van der Waals surface area contributed by atoms with Gasteiger partial charge in [0.25, 0.3) is 0 Å². The van der Waals surface area contributed by atoms with Crippen LogP contribution in [0.1, 0.15) is 414 Å². The Labute approximate surface area is 607 Å². The zero-order chi connectivity index (χ0) is 73.0. The van der Waals surface area contributed by atoms with Gasteiger partial charge in [-0.3, -0.25) is 37.3 Å². The second kappa shape index (κ2) is 70.4. The average molecular weight is 1450 g/mol. The van der Waals surface area contributed by atoms with Gasteiger partial charge in [-0.25, -0.2) is 9.13 Å². The molecule has 0 bridgehead atoms. The molecule has 0 aliphatic carbocycles. The van der Waals surface area contributed by atoms with Crippen LogP contribution in [0, 0.1) is 17.8 Å². The minimum atomic E-state index is -4.96. The van der Waals surface area contributed by atoms with E-state index in [-0.39, 0.29) is 25.7 Å². The topological polar surface area (TPSA) is 237 Å². The summed E-state index contributed by atoms with van der Waals surface area (Å²) in [5, 5.41) is 10.6. The van der Waals surface area contributed by atoms with Crippen molar-refractivity contribution in [2.75, 3.05) is 39.6 Å². The molecular formula is C80H156O17P2. The molecule has 0 spiro atoms. The maximum Gasteiger partial charge on any atom is 0.472 e. The summed E-state index contributed by atoms with van der Waals surface area (Å²) in [5.74, 6) is 0.165. The molecule has 0 saturated carbocycles. The standard InChI is InChI=1S/C80H156O17P2/c1-8-9-10-11-12-13-14-15-16-17-18-19-24-27-33-42-49-56-63-79(84)96-75(67-90-77(82)61-54-47-40-32-26-23-21-20-22-25-30-37-44-51-58-71(2)3)69-94-98(86,87)92-65-74(81)66-93-99(88,89)95-70-76(68-91-78(83)62-55-48-41-36-35-39-46-53-60-73(6)7)97-80(85)64-57-50-43-34-29-28-31-38-45-52-59-72(4)5/h71-76,81H,8-70H2,1-7H3,(H,86,87)(H,88,89)/t74-,75-,76-/m1/s1. The van der Waals surface area contributed by atoms with Crippen molar-refractivity contribution >= 4 is 39.5 Å². The van der Waals surface area contributed by atoms with Gasteiger partial charge < -0.3 is 33.8 Å². The largest absolute Gasteiger partial charge is 0.472 e. The zero-order valence-corrected chi connectivity index (χ0v) is 66.8. The van der Waals surface area contributed by atoms with Crippen molar-refractivity contribution in [1.82, 2.24) is 0 Å². The Kier molecular flexibility index (Phi) is 69.0. The first-order chi connectivity index (χ1) is 47.7. The minimum Gasteiger partial charge on any atom is -0.462 e. The van der Waals surface area contributed by atoms with E-state index in [9.17, 15) is 43.2 Å². The molecule has 0 saturated heterocycles. The van der Waals surface area contributed by atoms with E-state index in [0.29, 0.717) is 25.7 Å². The summed E-state index contributed by atoms with van der Waals surface area (Å²) in [5.41, 5.74) is 0. The Morgan fingerprint density at radius 1 is 0.273 bits per heavy atom. The first kappa shape index (κ1) is 97.1. The predicted octanol–water partition coefficient (Wildman–Crippen LogP) is 23.7. The molecule has 3 N–H and O–H groups in total. The summed E-state index contributed by atoms with van der Waals surface area (Å²) in [6, 6.07) is 0. The second-order valence-electron chi connectivity index (χ2n) is 30.2. The molecule has 19 heteroatoms. The monoisotopic (exact) mass is 1450 g/mol. The first-order valence-corrected chi connectivity index (χ1v) is 44.3. The van der Waals surface area contributed by atoms with E-state index < -0.39 is 97.5 Å². The number of phosphoric acid groups is 2. The van der Waals surface area contributed by atoms with Crippen molar-refractivity contribution in [3.05, 3.63) is 0 Å². The molecule has 0 aromatic rings. The number of hydrogen-bond acceptors (Lipinski definition) is 15. The van der Waals surface area contributed by atoms with Crippen molar-refractivity contribution in [2.24, 2.45) is 17.8 Å². The van der Waals surface area contributed by atoms with Crippen LogP contribution >= 0.6 is 15.6 Å². The first-order valence-electron chi connectivity index (χ1n) is 41.3. The van der Waals surface area contributed by atoms with Crippen LogP contribution in [-0.4, -0.2) is 96.7 Å². The van der Waals surface area contributed by atoms with Crippen molar-refractivity contribution in [1.29, 1.82) is 0 Å². The SMILES string of the molecule is CCCCCCCCCCCCCCCCCCCCC(=O)O[C@H](COC(=O)CCCCCCCCCCCCCCCCC(C)C)COP(=O)(O)OC[C@@H](O)COP(=O)(O)OC[C@@H](COC(=O)CCCCCCCCCCC(C)C)OC(=O)CCCCCCCCCCCCC(C)C. The smallest absolute Gasteiger partial charge is 0.462 e. The van der Waals surface area contributed by atoms with Gasteiger partial charge in [-0.1, -0.05) is 363 Å². The third-order valence-electron chi connectivity index (χ3n) is 18.6. The fourth-order valence-electron chi connectivity index (χ4n) is 12.3. The molecule has 0 aliphatic heterocycles. The van der Waals surface area contributed by atoms with E-state index in [1.165, 1.54) is 225 Å². The number of esters is 4. The molecule has 0 fully saturated rings. The summed E-state index contributed by atoms with van der Waals surface area (Å²) in [4.78, 5) is 73.0. The number of carbonyl (C=O) groups is 4. The molecule has 0 aromatic carbocycles. The Morgan fingerprint density at radius 2 is 0.465 bits per heavy atom. The number of aliphatic hydroxyl groups excluding tert-OH is 1. The van der Waals surface area contributed by atoms with Crippen LogP contribution < -0.4 is 0 Å². The van der Waals surface area contributed by atoms with Gasteiger partial charge in [0, 0.05) is 25.7 Å². The van der Waals surface area contributed by atoms with E-state index in [1.807, 2.05) is 0 Å². The van der Waals surface area contributed by atoms with Crippen LogP contribution in [0.25, 0.3) is 0 Å². The van der Waals surface area contributed by atoms with Gasteiger partial charge in [-0.2, -0.15) is 0 Å². The fourth-order valence-corrected chi connectivity index (χ4v) is 13.9. The van der Waals surface area contributed by atoms with Gasteiger partial charge in [0.05, 0.1) is 26.4 Å². The number of aliphatic hydroxyl groups is 1. The Balaban J connectivity index is 5.25. The lowest BCUT2D eigenvalue weighted by molar-refractivity contribution is -0.161. The van der Waals surface area contributed by atoms with Gasteiger partial charge in [-0.15, -0.1) is 0 Å². The Hall–Kier alpha value is -1.94. The third-order valence-corrected chi connectivity index (χ3v) is 20.5. The lowest BCUT2D eigenvalue weighted by atomic mass is 10.0. The van der Waals surface area contributed by atoms with Crippen molar-refractivity contribution in [3.8, 4) is 0 Å². The van der Waals surface area contributed by atoms with E-state index in [2.05, 4.69) is 48.5 Å². The lowest BCUT2D eigenvalue weighted by Crippen LogP contribution is -2.30.